The minimum atomic E-state index is -0.0232. The third kappa shape index (κ3) is 3.30. The Morgan fingerprint density at radius 2 is 2.09 bits per heavy atom. The summed E-state index contributed by atoms with van der Waals surface area (Å²) in [6, 6.07) is 2.06. The van der Waals surface area contributed by atoms with Crippen molar-refractivity contribution in [2.45, 2.75) is 38.3 Å². The molecule has 0 spiro atoms. The zero-order valence-electron chi connectivity index (χ0n) is 12.9. The summed E-state index contributed by atoms with van der Waals surface area (Å²) in [6.45, 7) is 2.45. The van der Waals surface area contributed by atoms with E-state index in [1.54, 1.807) is 16.7 Å². The number of nitrogens with one attached hydrogen (secondary N) is 1. The Morgan fingerprint density at radius 3 is 2.83 bits per heavy atom. The van der Waals surface area contributed by atoms with Crippen LogP contribution >= 0.6 is 11.3 Å². The Hall–Kier alpha value is -1.73. The van der Waals surface area contributed by atoms with Crippen molar-refractivity contribution in [3.8, 4) is 0 Å². The molecule has 0 bridgehead atoms. The SMILES string of the molecule is O=C(NC1CC1)C1CCN(Cc2cc(=O)n3ccsc3n2)CC1. The van der Waals surface area contributed by atoms with E-state index in [1.807, 2.05) is 5.38 Å². The minimum absolute atomic E-state index is 0.0232. The van der Waals surface area contributed by atoms with Gasteiger partial charge in [0.05, 0.1) is 5.69 Å². The van der Waals surface area contributed by atoms with Crippen molar-refractivity contribution in [1.29, 1.82) is 0 Å². The number of carbonyl (C=O) groups excluding carboxylic acids is 1. The van der Waals surface area contributed by atoms with Gasteiger partial charge in [0.15, 0.2) is 4.96 Å². The van der Waals surface area contributed by atoms with Gasteiger partial charge in [-0.2, -0.15) is 0 Å². The van der Waals surface area contributed by atoms with Crippen molar-refractivity contribution < 1.29 is 4.79 Å². The molecular formula is C16H20N4O2S. The number of aromatic nitrogens is 2. The number of piperidine rings is 1. The van der Waals surface area contributed by atoms with Crippen LogP contribution in [-0.4, -0.2) is 39.3 Å². The zero-order valence-corrected chi connectivity index (χ0v) is 13.7. The Morgan fingerprint density at radius 1 is 1.30 bits per heavy atom. The fourth-order valence-electron chi connectivity index (χ4n) is 3.10. The van der Waals surface area contributed by atoms with Gasteiger partial charge in [0, 0.05) is 36.1 Å². The molecule has 122 valence electrons. The summed E-state index contributed by atoms with van der Waals surface area (Å²) in [5.74, 6) is 0.369. The van der Waals surface area contributed by atoms with Gasteiger partial charge in [-0.05, 0) is 38.8 Å². The summed E-state index contributed by atoms with van der Waals surface area (Å²) in [5.41, 5.74) is 0.795. The molecule has 2 aromatic heterocycles. The van der Waals surface area contributed by atoms with Gasteiger partial charge >= 0.3 is 0 Å². The summed E-state index contributed by atoms with van der Waals surface area (Å²) in [5, 5.41) is 4.97. The predicted octanol–water partition coefficient (Wildman–Crippen LogP) is 1.25. The van der Waals surface area contributed by atoms with E-state index in [-0.39, 0.29) is 17.4 Å². The second kappa shape index (κ2) is 6.05. The van der Waals surface area contributed by atoms with E-state index in [9.17, 15) is 9.59 Å². The van der Waals surface area contributed by atoms with Crippen LogP contribution in [0, 0.1) is 5.92 Å². The van der Waals surface area contributed by atoms with E-state index in [2.05, 4.69) is 15.2 Å². The molecule has 1 aliphatic carbocycles. The summed E-state index contributed by atoms with van der Waals surface area (Å²) in [4.78, 5) is 31.7. The van der Waals surface area contributed by atoms with Crippen molar-refractivity contribution in [2.75, 3.05) is 13.1 Å². The highest BCUT2D eigenvalue weighted by Crippen LogP contribution is 2.23. The molecule has 4 rings (SSSR count). The van der Waals surface area contributed by atoms with Gasteiger partial charge in [-0.25, -0.2) is 4.98 Å². The molecule has 1 saturated heterocycles. The van der Waals surface area contributed by atoms with Crippen LogP contribution in [0.4, 0.5) is 0 Å². The second-order valence-corrected chi connectivity index (χ2v) is 7.35. The van der Waals surface area contributed by atoms with Gasteiger partial charge in [-0.3, -0.25) is 18.9 Å². The van der Waals surface area contributed by atoms with E-state index in [4.69, 9.17) is 0 Å². The summed E-state index contributed by atoms with van der Waals surface area (Å²) in [7, 11) is 0. The Labute approximate surface area is 138 Å². The van der Waals surface area contributed by atoms with Gasteiger partial charge < -0.3 is 5.32 Å². The molecule has 0 unspecified atom stereocenters. The summed E-state index contributed by atoms with van der Waals surface area (Å²) in [6.07, 6.45) is 5.80. The molecule has 7 heteroatoms. The fraction of sp³-hybridized carbons (Fsp3) is 0.562. The highest BCUT2D eigenvalue weighted by atomic mass is 32.1. The average Bonchev–Trinajstić information content (AvgIpc) is 3.22. The lowest BCUT2D eigenvalue weighted by atomic mass is 9.96. The van der Waals surface area contributed by atoms with Gasteiger partial charge in [-0.15, -0.1) is 11.3 Å². The third-order valence-electron chi connectivity index (χ3n) is 4.62. The van der Waals surface area contributed by atoms with Crippen LogP contribution in [0.5, 0.6) is 0 Å². The van der Waals surface area contributed by atoms with Crippen LogP contribution in [0.3, 0.4) is 0 Å². The molecule has 2 aliphatic rings. The minimum Gasteiger partial charge on any atom is -0.353 e. The van der Waals surface area contributed by atoms with Gasteiger partial charge in [-0.1, -0.05) is 0 Å². The maximum absolute atomic E-state index is 12.1. The van der Waals surface area contributed by atoms with E-state index in [0.29, 0.717) is 12.6 Å². The summed E-state index contributed by atoms with van der Waals surface area (Å²) < 4.78 is 1.57. The van der Waals surface area contributed by atoms with E-state index in [1.165, 1.54) is 11.3 Å². The van der Waals surface area contributed by atoms with Crippen molar-refractivity contribution in [2.24, 2.45) is 5.92 Å². The molecule has 2 fully saturated rings. The van der Waals surface area contributed by atoms with Crippen LogP contribution in [0.25, 0.3) is 4.96 Å². The highest BCUT2D eigenvalue weighted by molar-refractivity contribution is 7.15. The first kappa shape index (κ1) is 14.8. The second-order valence-electron chi connectivity index (χ2n) is 6.47. The van der Waals surface area contributed by atoms with E-state index >= 15 is 0 Å². The smallest absolute Gasteiger partial charge is 0.258 e. The lowest BCUT2D eigenvalue weighted by Gasteiger charge is -2.30. The van der Waals surface area contributed by atoms with Crippen LogP contribution in [-0.2, 0) is 11.3 Å². The normalized spacial score (nSPS) is 20.0. The van der Waals surface area contributed by atoms with Crippen molar-refractivity contribution in [3.05, 3.63) is 33.7 Å². The zero-order chi connectivity index (χ0) is 15.8. The number of fused-ring (bicyclic) bond motifs is 1. The first-order valence-electron chi connectivity index (χ1n) is 8.17. The molecular weight excluding hydrogens is 312 g/mol. The molecule has 6 nitrogen and oxygen atoms in total. The molecule has 2 aromatic rings. The molecule has 0 atom stereocenters. The molecule has 1 amide bonds. The highest BCUT2D eigenvalue weighted by Gasteiger charge is 2.29. The number of hydrogen-bond acceptors (Lipinski definition) is 5. The monoisotopic (exact) mass is 332 g/mol. The molecule has 0 aromatic carbocycles. The number of amides is 1. The molecule has 23 heavy (non-hydrogen) atoms. The largest absolute Gasteiger partial charge is 0.353 e. The fourth-order valence-corrected chi connectivity index (χ4v) is 3.84. The van der Waals surface area contributed by atoms with E-state index in [0.717, 1.165) is 49.4 Å². The quantitative estimate of drug-likeness (QED) is 0.915. The van der Waals surface area contributed by atoms with Crippen LogP contribution in [0.1, 0.15) is 31.4 Å². The molecule has 0 radical (unpaired) electrons. The first-order valence-corrected chi connectivity index (χ1v) is 9.05. The third-order valence-corrected chi connectivity index (χ3v) is 5.38. The number of thiazole rings is 1. The number of likely N-dealkylation sites (tertiary alicyclic amines) is 1. The molecule has 1 aliphatic heterocycles. The van der Waals surface area contributed by atoms with Crippen molar-refractivity contribution in [3.63, 3.8) is 0 Å². The van der Waals surface area contributed by atoms with Crippen molar-refractivity contribution in [1.82, 2.24) is 19.6 Å². The molecule has 1 saturated carbocycles. The van der Waals surface area contributed by atoms with Gasteiger partial charge in [0.2, 0.25) is 5.91 Å². The summed E-state index contributed by atoms with van der Waals surface area (Å²) >= 11 is 1.47. The molecule has 3 heterocycles. The topological polar surface area (TPSA) is 66.7 Å². The first-order chi connectivity index (χ1) is 11.2. The standard InChI is InChI=1S/C16H20N4O2S/c21-14-9-13(18-16-20(14)7-8-23-16)10-19-5-3-11(4-6-19)15(22)17-12-1-2-12/h7-9,11-12H,1-6,10H2,(H,17,22). The number of hydrogen-bond donors (Lipinski definition) is 1. The van der Waals surface area contributed by atoms with E-state index < -0.39 is 0 Å². The number of nitrogens with zero attached hydrogens (tertiary/aromatic N) is 3. The predicted molar refractivity (Wildman–Crippen MR) is 88.5 cm³/mol. The average molecular weight is 332 g/mol. The van der Waals surface area contributed by atoms with Crippen LogP contribution in [0.15, 0.2) is 22.4 Å². The Kier molecular flexibility index (Phi) is 3.90. The maximum atomic E-state index is 12.1. The van der Waals surface area contributed by atoms with Gasteiger partial charge in [0.25, 0.3) is 5.56 Å². The molecule has 1 N–H and O–H groups in total. The lowest BCUT2D eigenvalue weighted by Crippen LogP contribution is -2.41. The maximum Gasteiger partial charge on any atom is 0.258 e. The van der Waals surface area contributed by atoms with Gasteiger partial charge in [0.1, 0.15) is 0 Å². The van der Waals surface area contributed by atoms with Crippen molar-refractivity contribution >= 4 is 22.2 Å². The van der Waals surface area contributed by atoms with Crippen LogP contribution in [0.2, 0.25) is 0 Å². The number of rotatable bonds is 4. The Balaban J connectivity index is 1.36. The number of carbonyl (C=O) groups is 1. The Bertz CT molecular complexity index is 772. The lowest BCUT2D eigenvalue weighted by molar-refractivity contribution is -0.126. The van der Waals surface area contributed by atoms with Crippen LogP contribution < -0.4 is 10.9 Å².